The molecule has 154 valence electrons. The third-order valence-electron chi connectivity index (χ3n) is 4.78. The molecular formula is C19H27N3O5S. The summed E-state index contributed by atoms with van der Waals surface area (Å²) >= 11 is 1.43. The molecule has 0 bridgehead atoms. The Kier molecular flexibility index (Phi) is 5.79. The third-order valence-corrected chi connectivity index (χ3v) is 6.01. The lowest BCUT2D eigenvalue weighted by Gasteiger charge is -2.29. The van der Waals surface area contributed by atoms with Crippen LogP contribution in [0, 0.1) is 0 Å². The van der Waals surface area contributed by atoms with Crippen molar-refractivity contribution in [1.29, 1.82) is 0 Å². The largest absolute Gasteiger partial charge is 0.392 e. The zero-order chi connectivity index (χ0) is 20.6. The lowest BCUT2D eigenvalue weighted by Crippen LogP contribution is -2.44. The van der Waals surface area contributed by atoms with Gasteiger partial charge >= 0.3 is 5.69 Å². The van der Waals surface area contributed by atoms with Crippen molar-refractivity contribution in [3.05, 3.63) is 31.3 Å². The first kappa shape index (κ1) is 20.8. The maximum atomic E-state index is 13.2. The molecular weight excluding hydrogens is 382 g/mol. The quantitative estimate of drug-likeness (QED) is 0.741. The van der Waals surface area contributed by atoms with E-state index in [1.165, 1.54) is 11.3 Å². The minimum atomic E-state index is -0.703. The summed E-state index contributed by atoms with van der Waals surface area (Å²) in [6.07, 6.45) is 0.605. The second kappa shape index (κ2) is 7.81. The van der Waals surface area contributed by atoms with Gasteiger partial charge in [0.05, 0.1) is 23.7 Å². The predicted molar refractivity (Wildman–Crippen MR) is 108 cm³/mol. The molecule has 0 radical (unpaired) electrons. The summed E-state index contributed by atoms with van der Waals surface area (Å²) < 4.78 is 8.46. The molecule has 28 heavy (non-hydrogen) atoms. The van der Waals surface area contributed by atoms with Crippen molar-refractivity contribution < 1.29 is 14.6 Å². The summed E-state index contributed by atoms with van der Waals surface area (Å²) in [5, 5.41) is 12.4. The van der Waals surface area contributed by atoms with Gasteiger partial charge in [0, 0.05) is 24.4 Å². The molecule has 0 saturated heterocycles. The monoisotopic (exact) mass is 409 g/mol. The Labute approximate surface area is 166 Å². The van der Waals surface area contributed by atoms with Crippen LogP contribution in [0.25, 0.3) is 10.2 Å². The second-order valence-electron chi connectivity index (χ2n) is 7.89. The Balaban J connectivity index is 2.15. The Morgan fingerprint density at radius 3 is 2.71 bits per heavy atom. The molecule has 1 aliphatic heterocycles. The lowest BCUT2D eigenvalue weighted by molar-refractivity contribution is -0.122. The van der Waals surface area contributed by atoms with Crippen LogP contribution in [0.15, 0.2) is 9.59 Å². The summed E-state index contributed by atoms with van der Waals surface area (Å²) in [6.45, 7) is 8.04. The molecule has 2 N–H and O–H groups in total. The molecule has 0 fully saturated rings. The Morgan fingerprint density at radius 1 is 1.36 bits per heavy atom. The molecule has 9 heteroatoms. The third kappa shape index (κ3) is 3.92. The molecule has 0 aliphatic carbocycles. The molecule has 1 atom stereocenters. The topological polar surface area (TPSA) is 103 Å². The van der Waals surface area contributed by atoms with Crippen LogP contribution < -0.4 is 16.6 Å². The van der Waals surface area contributed by atoms with Gasteiger partial charge in [0.1, 0.15) is 11.4 Å². The van der Waals surface area contributed by atoms with Crippen LogP contribution in [0.4, 0.5) is 0 Å². The summed E-state index contributed by atoms with van der Waals surface area (Å²) in [5.74, 6) is -0.477. The molecule has 8 nitrogen and oxygen atoms in total. The van der Waals surface area contributed by atoms with E-state index in [-0.39, 0.29) is 13.1 Å². The number of ether oxygens (including phenoxy) is 1. The molecule has 0 spiro atoms. The molecule has 1 aliphatic rings. The first-order valence-electron chi connectivity index (χ1n) is 9.51. The van der Waals surface area contributed by atoms with Crippen LogP contribution in [0.5, 0.6) is 0 Å². The van der Waals surface area contributed by atoms with Crippen LogP contribution in [0.1, 0.15) is 44.6 Å². The van der Waals surface area contributed by atoms with Crippen molar-refractivity contribution in [2.24, 2.45) is 0 Å². The van der Waals surface area contributed by atoms with Crippen molar-refractivity contribution in [3.8, 4) is 0 Å². The van der Waals surface area contributed by atoms with Crippen LogP contribution in [0.2, 0.25) is 0 Å². The summed E-state index contributed by atoms with van der Waals surface area (Å²) in [6, 6.07) is 0. The van der Waals surface area contributed by atoms with E-state index in [4.69, 9.17) is 4.74 Å². The summed E-state index contributed by atoms with van der Waals surface area (Å²) in [5.41, 5.74) is -0.386. The van der Waals surface area contributed by atoms with Crippen LogP contribution >= 0.6 is 11.3 Å². The van der Waals surface area contributed by atoms with E-state index < -0.39 is 28.9 Å². The van der Waals surface area contributed by atoms with Crippen molar-refractivity contribution in [3.63, 3.8) is 0 Å². The Bertz CT molecular complexity index is 1020. The summed E-state index contributed by atoms with van der Waals surface area (Å²) in [7, 11) is 0. The number of aryl methyl sites for hydroxylation is 1. The molecule has 1 amide bonds. The molecule has 3 heterocycles. The van der Waals surface area contributed by atoms with E-state index in [9.17, 15) is 19.5 Å². The normalized spacial score (nSPS) is 16.8. The highest BCUT2D eigenvalue weighted by Gasteiger charge is 2.32. The highest BCUT2D eigenvalue weighted by Crippen LogP contribution is 2.37. The van der Waals surface area contributed by atoms with Gasteiger partial charge in [-0.1, -0.05) is 6.92 Å². The Hall–Kier alpha value is -1.97. The van der Waals surface area contributed by atoms with E-state index >= 15 is 0 Å². The lowest BCUT2D eigenvalue weighted by atomic mass is 9.94. The van der Waals surface area contributed by atoms with E-state index in [2.05, 4.69) is 5.32 Å². The standard InChI is InChI=1S/C19H27N3O5S/c1-5-6-21-17-15(12-7-19(3,4)27-10-13(12)28-17)16(25)22(18(21)26)9-14(24)20-8-11(2)23/h11,23H,5-10H2,1-4H3,(H,20,24)/t11-/m0/s1. The molecule has 0 unspecified atom stereocenters. The first-order chi connectivity index (χ1) is 13.1. The van der Waals surface area contributed by atoms with Gasteiger partial charge in [-0.05, 0) is 32.8 Å². The van der Waals surface area contributed by atoms with E-state index in [1.807, 2.05) is 20.8 Å². The van der Waals surface area contributed by atoms with Gasteiger partial charge in [-0.15, -0.1) is 11.3 Å². The first-order valence-corrected chi connectivity index (χ1v) is 10.3. The highest BCUT2D eigenvalue weighted by atomic mass is 32.1. The van der Waals surface area contributed by atoms with Crippen molar-refractivity contribution >= 4 is 27.5 Å². The minimum absolute atomic E-state index is 0.0678. The van der Waals surface area contributed by atoms with E-state index in [1.54, 1.807) is 11.5 Å². The van der Waals surface area contributed by atoms with Gasteiger partial charge in [-0.25, -0.2) is 4.79 Å². The number of hydrogen-bond donors (Lipinski definition) is 2. The SMILES string of the molecule is CCCn1c(=O)n(CC(=O)NC[C@H](C)O)c(=O)c2c3c(sc21)COC(C)(C)C3. The number of aromatic nitrogens is 2. The summed E-state index contributed by atoms with van der Waals surface area (Å²) in [4.78, 5) is 40.0. The smallest absolute Gasteiger partial charge is 0.332 e. The number of nitrogens with one attached hydrogen (secondary N) is 1. The van der Waals surface area contributed by atoms with Crippen molar-refractivity contribution in [2.45, 2.75) is 71.9 Å². The van der Waals surface area contributed by atoms with E-state index in [0.717, 1.165) is 21.4 Å². The van der Waals surface area contributed by atoms with Gasteiger partial charge in [0.15, 0.2) is 0 Å². The molecule has 0 aromatic carbocycles. The number of rotatable bonds is 6. The highest BCUT2D eigenvalue weighted by molar-refractivity contribution is 7.18. The number of carbonyl (C=O) groups excluding carboxylic acids is 1. The van der Waals surface area contributed by atoms with Gasteiger partial charge in [0.25, 0.3) is 5.56 Å². The number of aliphatic hydroxyl groups excluding tert-OH is 1. The minimum Gasteiger partial charge on any atom is -0.392 e. The van der Waals surface area contributed by atoms with Crippen LogP contribution in [-0.2, 0) is 35.6 Å². The van der Waals surface area contributed by atoms with Crippen LogP contribution in [-0.4, -0.2) is 38.4 Å². The maximum Gasteiger partial charge on any atom is 0.332 e. The van der Waals surface area contributed by atoms with Crippen LogP contribution in [0.3, 0.4) is 0 Å². The predicted octanol–water partition coefficient (Wildman–Crippen LogP) is 0.983. The van der Waals surface area contributed by atoms with Gasteiger partial charge in [-0.3, -0.25) is 18.7 Å². The number of carbonyl (C=O) groups is 1. The van der Waals surface area contributed by atoms with Gasteiger partial charge < -0.3 is 15.2 Å². The number of hydrogen-bond acceptors (Lipinski definition) is 6. The number of amides is 1. The molecule has 0 saturated carbocycles. The van der Waals surface area contributed by atoms with Gasteiger partial charge in [0.2, 0.25) is 5.91 Å². The number of thiophene rings is 1. The second-order valence-corrected chi connectivity index (χ2v) is 8.97. The fourth-order valence-electron chi connectivity index (χ4n) is 3.43. The Morgan fingerprint density at radius 2 is 2.07 bits per heavy atom. The fraction of sp³-hybridized carbons (Fsp3) is 0.632. The number of aliphatic hydroxyl groups is 1. The zero-order valence-corrected chi connectivity index (χ0v) is 17.5. The maximum absolute atomic E-state index is 13.2. The van der Waals surface area contributed by atoms with Crippen molar-refractivity contribution in [1.82, 2.24) is 14.5 Å². The zero-order valence-electron chi connectivity index (χ0n) is 16.7. The molecule has 3 rings (SSSR count). The average molecular weight is 410 g/mol. The fourth-order valence-corrected chi connectivity index (χ4v) is 4.67. The number of fused-ring (bicyclic) bond motifs is 3. The van der Waals surface area contributed by atoms with Crippen molar-refractivity contribution in [2.75, 3.05) is 6.54 Å². The number of nitrogens with zero attached hydrogens (tertiary/aromatic N) is 2. The molecule has 2 aromatic rings. The molecule has 2 aromatic heterocycles. The van der Waals surface area contributed by atoms with E-state index in [0.29, 0.717) is 29.8 Å². The van der Waals surface area contributed by atoms with Gasteiger partial charge in [-0.2, -0.15) is 0 Å². The average Bonchev–Trinajstić information content (AvgIpc) is 2.97.